The number of hydrogen-bond acceptors (Lipinski definition) is 3. The minimum atomic E-state index is 0.261. The van der Waals surface area contributed by atoms with Gasteiger partial charge in [0.1, 0.15) is 0 Å². The van der Waals surface area contributed by atoms with E-state index in [1.54, 1.807) is 0 Å². The van der Waals surface area contributed by atoms with E-state index in [0.29, 0.717) is 6.04 Å². The number of nitrogens with zero attached hydrogens (tertiary/aromatic N) is 2. The van der Waals surface area contributed by atoms with Crippen LogP contribution in [0.3, 0.4) is 0 Å². The summed E-state index contributed by atoms with van der Waals surface area (Å²) in [5.74, 6) is 0. The lowest BCUT2D eigenvalue weighted by molar-refractivity contribution is 0.179. The fourth-order valence-corrected chi connectivity index (χ4v) is 3.56. The minimum Gasteiger partial charge on any atom is -0.365 e. The third-order valence-electron chi connectivity index (χ3n) is 4.60. The van der Waals surface area contributed by atoms with Crippen LogP contribution in [0, 0.1) is 0 Å². The van der Waals surface area contributed by atoms with E-state index < -0.39 is 0 Å². The van der Waals surface area contributed by atoms with Gasteiger partial charge in [-0.1, -0.05) is 18.2 Å². The van der Waals surface area contributed by atoms with Gasteiger partial charge in [0.05, 0.1) is 0 Å². The van der Waals surface area contributed by atoms with Gasteiger partial charge in [-0.25, -0.2) is 0 Å². The predicted octanol–water partition coefficient (Wildman–Crippen LogP) is 1.95. The number of anilines is 1. The molecule has 1 aromatic carbocycles. The number of piperazine rings is 1. The summed E-state index contributed by atoms with van der Waals surface area (Å²) in [6.45, 7) is 10.6. The molecule has 19 heavy (non-hydrogen) atoms. The van der Waals surface area contributed by atoms with Crippen molar-refractivity contribution >= 4 is 5.69 Å². The number of hydrogen-bond donors (Lipinski definition) is 1. The molecule has 0 amide bonds. The summed E-state index contributed by atoms with van der Waals surface area (Å²) in [4.78, 5) is 5.25. The molecule has 0 aromatic heterocycles. The first-order valence-electron chi connectivity index (χ1n) is 7.44. The summed E-state index contributed by atoms with van der Waals surface area (Å²) in [5, 5.41) is 3.45. The summed E-state index contributed by atoms with van der Waals surface area (Å²) in [7, 11) is 0. The third-order valence-corrected chi connectivity index (χ3v) is 4.60. The molecule has 1 unspecified atom stereocenters. The van der Waals surface area contributed by atoms with Gasteiger partial charge in [-0.15, -0.1) is 0 Å². The Morgan fingerprint density at radius 1 is 1.11 bits per heavy atom. The van der Waals surface area contributed by atoms with E-state index in [0.717, 1.165) is 19.6 Å². The molecule has 3 nitrogen and oxygen atoms in total. The van der Waals surface area contributed by atoms with Gasteiger partial charge in [0.15, 0.2) is 0 Å². The molecule has 2 heterocycles. The van der Waals surface area contributed by atoms with Crippen LogP contribution in [0.25, 0.3) is 0 Å². The Labute approximate surface area is 116 Å². The van der Waals surface area contributed by atoms with Gasteiger partial charge in [0, 0.05) is 50.0 Å². The number of benzene rings is 1. The van der Waals surface area contributed by atoms with Gasteiger partial charge >= 0.3 is 0 Å². The van der Waals surface area contributed by atoms with Crippen molar-refractivity contribution in [3.05, 3.63) is 30.3 Å². The van der Waals surface area contributed by atoms with Crippen molar-refractivity contribution in [1.29, 1.82) is 0 Å². The van der Waals surface area contributed by atoms with E-state index in [9.17, 15) is 0 Å². The normalized spacial score (nSPS) is 27.7. The lowest BCUT2D eigenvalue weighted by Crippen LogP contribution is -2.49. The fourth-order valence-electron chi connectivity index (χ4n) is 3.56. The molecule has 2 aliphatic heterocycles. The molecule has 1 atom stereocenters. The Morgan fingerprint density at radius 3 is 2.47 bits per heavy atom. The number of rotatable bonds is 2. The Hall–Kier alpha value is -1.06. The van der Waals surface area contributed by atoms with Crippen molar-refractivity contribution < 1.29 is 0 Å². The van der Waals surface area contributed by atoms with Crippen LogP contribution in [0.15, 0.2) is 30.3 Å². The van der Waals surface area contributed by atoms with Gasteiger partial charge in [-0.05, 0) is 32.4 Å². The maximum atomic E-state index is 3.45. The number of nitrogens with one attached hydrogen (secondary N) is 1. The van der Waals surface area contributed by atoms with E-state index >= 15 is 0 Å². The summed E-state index contributed by atoms with van der Waals surface area (Å²) in [6, 6.07) is 11.6. The average Bonchev–Trinajstić information content (AvgIpc) is 2.77. The zero-order valence-corrected chi connectivity index (χ0v) is 12.1. The predicted molar refractivity (Wildman–Crippen MR) is 80.7 cm³/mol. The number of para-hydroxylation sites is 1. The van der Waals surface area contributed by atoms with Gasteiger partial charge in [-0.2, -0.15) is 0 Å². The third kappa shape index (κ3) is 2.63. The molecular formula is C16H25N3. The maximum Gasteiger partial charge on any atom is 0.0371 e. The summed E-state index contributed by atoms with van der Waals surface area (Å²) >= 11 is 0. The van der Waals surface area contributed by atoms with Crippen LogP contribution in [0.5, 0.6) is 0 Å². The summed E-state index contributed by atoms with van der Waals surface area (Å²) in [5.41, 5.74) is 1.63. The molecule has 0 aliphatic carbocycles. The molecule has 0 bridgehead atoms. The van der Waals surface area contributed by atoms with Crippen LogP contribution in [-0.4, -0.2) is 49.2 Å². The summed E-state index contributed by atoms with van der Waals surface area (Å²) < 4.78 is 0. The van der Waals surface area contributed by atoms with Crippen LogP contribution >= 0.6 is 0 Å². The van der Waals surface area contributed by atoms with E-state index in [1.807, 2.05) is 0 Å². The van der Waals surface area contributed by atoms with Crippen molar-refractivity contribution in [2.24, 2.45) is 0 Å². The van der Waals surface area contributed by atoms with E-state index in [2.05, 4.69) is 59.3 Å². The molecule has 2 saturated heterocycles. The van der Waals surface area contributed by atoms with Crippen molar-refractivity contribution in [1.82, 2.24) is 10.2 Å². The van der Waals surface area contributed by atoms with Gasteiger partial charge in [0.25, 0.3) is 0 Å². The van der Waals surface area contributed by atoms with Crippen molar-refractivity contribution in [2.45, 2.75) is 31.8 Å². The monoisotopic (exact) mass is 259 g/mol. The molecular weight excluding hydrogens is 234 g/mol. The molecule has 2 aliphatic rings. The van der Waals surface area contributed by atoms with Crippen molar-refractivity contribution in [2.75, 3.05) is 37.6 Å². The molecule has 3 heteroatoms. The standard InChI is InChI=1S/C16H25N3/c1-16(2)12-15(18-10-8-17-9-11-18)13-19(16)14-6-4-3-5-7-14/h3-7,15,17H,8-13H2,1-2H3. The van der Waals surface area contributed by atoms with E-state index in [4.69, 9.17) is 0 Å². The van der Waals surface area contributed by atoms with Crippen molar-refractivity contribution in [3.8, 4) is 0 Å². The highest BCUT2D eigenvalue weighted by Gasteiger charge is 2.40. The Bertz CT molecular complexity index is 409. The van der Waals surface area contributed by atoms with Crippen LogP contribution in [0.1, 0.15) is 20.3 Å². The van der Waals surface area contributed by atoms with Gasteiger partial charge in [0.2, 0.25) is 0 Å². The Kier molecular flexibility index (Phi) is 3.50. The van der Waals surface area contributed by atoms with Gasteiger partial charge in [-0.3, -0.25) is 4.90 Å². The summed E-state index contributed by atoms with van der Waals surface area (Å²) in [6.07, 6.45) is 1.27. The SMILES string of the molecule is CC1(C)CC(N2CCNCC2)CN1c1ccccc1. The molecule has 3 rings (SSSR count). The second kappa shape index (κ2) is 5.14. The van der Waals surface area contributed by atoms with Gasteiger partial charge < -0.3 is 10.2 Å². The zero-order chi connectivity index (χ0) is 13.3. The molecule has 2 fully saturated rings. The molecule has 104 valence electrons. The van der Waals surface area contributed by atoms with E-state index in [1.165, 1.54) is 25.2 Å². The highest BCUT2D eigenvalue weighted by atomic mass is 15.3. The van der Waals surface area contributed by atoms with Crippen LogP contribution in [-0.2, 0) is 0 Å². The fraction of sp³-hybridized carbons (Fsp3) is 0.625. The molecule has 1 aromatic rings. The Morgan fingerprint density at radius 2 is 1.79 bits per heavy atom. The van der Waals surface area contributed by atoms with Crippen molar-refractivity contribution in [3.63, 3.8) is 0 Å². The van der Waals surface area contributed by atoms with Crippen LogP contribution in [0.2, 0.25) is 0 Å². The Balaban J connectivity index is 1.75. The minimum absolute atomic E-state index is 0.261. The molecule has 0 spiro atoms. The first-order chi connectivity index (χ1) is 9.17. The van der Waals surface area contributed by atoms with E-state index in [-0.39, 0.29) is 5.54 Å². The highest BCUT2D eigenvalue weighted by Crippen LogP contribution is 2.35. The average molecular weight is 259 g/mol. The first kappa shape index (κ1) is 12.9. The quantitative estimate of drug-likeness (QED) is 0.876. The van der Waals surface area contributed by atoms with Crippen LogP contribution in [0.4, 0.5) is 5.69 Å². The molecule has 0 saturated carbocycles. The lowest BCUT2D eigenvalue weighted by atomic mass is 9.99. The lowest BCUT2D eigenvalue weighted by Gasteiger charge is -2.33. The highest BCUT2D eigenvalue weighted by molar-refractivity contribution is 5.50. The molecule has 1 N–H and O–H groups in total. The maximum absolute atomic E-state index is 3.45. The second-order valence-electron chi connectivity index (χ2n) is 6.40. The topological polar surface area (TPSA) is 18.5 Å². The smallest absolute Gasteiger partial charge is 0.0371 e. The second-order valence-corrected chi connectivity index (χ2v) is 6.40. The molecule has 0 radical (unpaired) electrons. The zero-order valence-electron chi connectivity index (χ0n) is 12.1. The first-order valence-corrected chi connectivity index (χ1v) is 7.44. The van der Waals surface area contributed by atoms with Crippen LogP contribution < -0.4 is 10.2 Å². The largest absolute Gasteiger partial charge is 0.365 e.